The molecule has 5 heteroatoms. The number of hydrogen-bond donors (Lipinski definition) is 1. The first-order valence-electron chi connectivity index (χ1n) is 9.24. The van der Waals surface area contributed by atoms with Gasteiger partial charge < -0.3 is 5.32 Å². The van der Waals surface area contributed by atoms with E-state index in [1.807, 2.05) is 24.3 Å². The normalized spacial score (nSPS) is 14.4. The van der Waals surface area contributed by atoms with E-state index < -0.39 is 11.7 Å². The molecule has 1 N–H and O–H groups in total. The fourth-order valence-electron chi connectivity index (χ4n) is 4.13. The summed E-state index contributed by atoms with van der Waals surface area (Å²) in [6.07, 6.45) is -3.55. The van der Waals surface area contributed by atoms with Gasteiger partial charge >= 0.3 is 6.18 Å². The number of aromatic nitrogens is 1. The van der Waals surface area contributed by atoms with Crippen LogP contribution in [0.2, 0.25) is 0 Å². The van der Waals surface area contributed by atoms with Crippen molar-refractivity contribution in [2.45, 2.75) is 19.1 Å². The quantitative estimate of drug-likeness (QED) is 0.429. The smallest absolute Gasteiger partial charge is 0.312 e. The van der Waals surface area contributed by atoms with Crippen LogP contribution in [0.5, 0.6) is 0 Å². The van der Waals surface area contributed by atoms with Gasteiger partial charge in [-0.1, -0.05) is 42.5 Å². The zero-order valence-corrected chi connectivity index (χ0v) is 15.0. The van der Waals surface area contributed by atoms with E-state index in [0.717, 1.165) is 46.3 Å². The van der Waals surface area contributed by atoms with Gasteiger partial charge in [0.25, 0.3) is 0 Å². The minimum Gasteiger partial charge on any atom is -0.312 e. The molecule has 3 aromatic carbocycles. The minimum absolute atomic E-state index is 0.504. The van der Waals surface area contributed by atoms with E-state index >= 15 is 0 Å². The fourth-order valence-corrected chi connectivity index (χ4v) is 4.13. The Labute approximate surface area is 160 Å². The molecule has 0 amide bonds. The van der Waals surface area contributed by atoms with Crippen LogP contribution in [-0.2, 0) is 19.1 Å². The molecule has 1 aliphatic rings. The summed E-state index contributed by atoms with van der Waals surface area (Å²) < 4.78 is 39.7. The van der Waals surface area contributed by atoms with Crippen molar-refractivity contribution in [2.75, 3.05) is 6.54 Å². The maximum Gasteiger partial charge on any atom is 0.416 e. The SMILES string of the molecule is FC(F)(F)c1cccc(-c2nc3ccc4ccccc4c3c3c2CNCC3)c1. The van der Waals surface area contributed by atoms with E-state index in [1.165, 1.54) is 17.7 Å². The standard InChI is InChI=1S/C23H17F3N2/c24-23(25,26)16-6-3-5-15(12-16)22-19-13-27-11-10-18(19)21-17-7-2-1-4-14(17)8-9-20(21)28-22/h1-9,12,27H,10-11,13H2. The van der Waals surface area contributed by atoms with Gasteiger partial charge in [-0.25, -0.2) is 4.98 Å². The van der Waals surface area contributed by atoms with Gasteiger partial charge in [0, 0.05) is 17.5 Å². The molecule has 0 radical (unpaired) electrons. The van der Waals surface area contributed by atoms with Gasteiger partial charge in [-0.05, 0) is 53.1 Å². The molecule has 4 aromatic rings. The predicted octanol–water partition coefficient (Wildman–Crippen LogP) is 5.72. The molecule has 1 aliphatic heterocycles. The van der Waals surface area contributed by atoms with Crippen molar-refractivity contribution in [3.63, 3.8) is 0 Å². The number of pyridine rings is 1. The summed E-state index contributed by atoms with van der Waals surface area (Å²) in [4.78, 5) is 4.82. The number of hydrogen-bond acceptors (Lipinski definition) is 2. The van der Waals surface area contributed by atoms with Gasteiger partial charge in [-0.2, -0.15) is 13.2 Å². The summed E-state index contributed by atoms with van der Waals surface area (Å²) in [6, 6.07) is 17.6. The van der Waals surface area contributed by atoms with Gasteiger partial charge in [-0.3, -0.25) is 0 Å². The average molecular weight is 378 g/mol. The van der Waals surface area contributed by atoms with Crippen LogP contribution >= 0.6 is 0 Å². The zero-order valence-electron chi connectivity index (χ0n) is 15.0. The summed E-state index contributed by atoms with van der Waals surface area (Å²) >= 11 is 0. The monoisotopic (exact) mass is 378 g/mol. The first kappa shape index (κ1) is 17.2. The maximum atomic E-state index is 13.2. The second-order valence-electron chi connectivity index (χ2n) is 7.10. The number of nitrogens with zero attached hydrogens (tertiary/aromatic N) is 1. The first-order valence-corrected chi connectivity index (χ1v) is 9.24. The molecule has 140 valence electrons. The van der Waals surface area contributed by atoms with E-state index in [-0.39, 0.29) is 0 Å². The predicted molar refractivity (Wildman–Crippen MR) is 105 cm³/mol. The third kappa shape index (κ3) is 2.74. The van der Waals surface area contributed by atoms with Crippen molar-refractivity contribution in [1.29, 1.82) is 0 Å². The number of fused-ring (bicyclic) bond motifs is 5. The second kappa shape index (κ2) is 6.31. The molecule has 0 fully saturated rings. The summed E-state index contributed by atoms with van der Waals surface area (Å²) in [5.74, 6) is 0. The van der Waals surface area contributed by atoms with E-state index in [0.29, 0.717) is 17.8 Å². The van der Waals surface area contributed by atoms with E-state index in [1.54, 1.807) is 6.07 Å². The van der Waals surface area contributed by atoms with Crippen LogP contribution < -0.4 is 5.32 Å². The summed E-state index contributed by atoms with van der Waals surface area (Å²) in [5, 5.41) is 6.75. The Morgan fingerprint density at radius 2 is 1.75 bits per heavy atom. The molecule has 0 saturated heterocycles. The van der Waals surface area contributed by atoms with Crippen LogP contribution in [0.4, 0.5) is 13.2 Å². The van der Waals surface area contributed by atoms with Crippen LogP contribution in [0.1, 0.15) is 16.7 Å². The van der Waals surface area contributed by atoms with Gasteiger partial charge in [-0.15, -0.1) is 0 Å². The lowest BCUT2D eigenvalue weighted by atomic mass is 9.90. The maximum absolute atomic E-state index is 13.2. The van der Waals surface area contributed by atoms with Crippen molar-refractivity contribution in [2.24, 2.45) is 0 Å². The molecule has 2 heterocycles. The van der Waals surface area contributed by atoms with Gasteiger partial charge in [0.2, 0.25) is 0 Å². The molecule has 28 heavy (non-hydrogen) atoms. The largest absolute Gasteiger partial charge is 0.416 e. The Hall–Kier alpha value is -2.92. The van der Waals surface area contributed by atoms with Crippen LogP contribution in [0.15, 0.2) is 60.7 Å². The van der Waals surface area contributed by atoms with Crippen molar-refractivity contribution in [3.05, 3.63) is 77.4 Å². The van der Waals surface area contributed by atoms with E-state index in [9.17, 15) is 13.2 Å². The molecule has 0 unspecified atom stereocenters. The minimum atomic E-state index is -4.37. The van der Waals surface area contributed by atoms with Gasteiger partial charge in [0.1, 0.15) is 0 Å². The van der Waals surface area contributed by atoms with Gasteiger partial charge in [0.05, 0.1) is 16.8 Å². The van der Waals surface area contributed by atoms with Crippen molar-refractivity contribution >= 4 is 21.7 Å². The second-order valence-corrected chi connectivity index (χ2v) is 7.10. The first-order chi connectivity index (χ1) is 13.5. The molecule has 0 atom stereocenters. The molecule has 0 aliphatic carbocycles. The lowest BCUT2D eigenvalue weighted by Crippen LogP contribution is -2.25. The zero-order chi connectivity index (χ0) is 19.3. The van der Waals surface area contributed by atoms with E-state index in [2.05, 4.69) is 17.4 Å². The number of alkyl halides is 3. The lowest BCUT2D eigenvalue weighted by Gasteiger charge is -2.23. The Morgan fingerprint density at radius 1 is 0.893 bits per heavy atom. The molecular formula is C23H17F3N2. The molecule has 2 nitrogen and oxygen atoms in total. The number of halogens is 3. The molecular weight excluding hydrogens is 361 g/mol. The Bertz CT molecular complexity index is 1210. The fraction of sp³-hybridized carbons (Fsp3) is 0.174. The Kier molecular flexibility index (Phi) is 3.88. The molecule has 0 spiro atoms. The van der Waals surface area contributed by atoms with Crippen molar-refractivity contribution in [1.82, 2.24) is 10.3 Å². The molecule has 1 aromatic heterocycles. The van der Waals surface area contributed by atoms with Crippen molar-refractivity contribution in [3.8, 4) is 11.3 Å². The third-order valence-corrected chi connectivity index (χ3v) is 5.41. The highest BCUT2D eigenvalue weighted by Gasteiger charge is 2.31. The molecule has 0 bridgehead atoms. The van der Waals surface area contributed by atoms with Crippen LogP contribution in [-0.4, -0.2) is 11.5 Å². The van der Waals surface area contributed by atoms with Crippen molar-refractivity contribution < 1.29 is 13.2 Å². The molecule has 0 saturated carbocycles. The summed E-state index contributed by atoms with van der Waals surface area (Å²) in [6.45, 7) is 1.45. The Morgan fingerprint density at radius 3 is 2.61 bits per heavy atom. The number of rotatable bonds is 1. The number of benzene rings is 3. The summed E-state index contributed by atoms with van der Waals surface area (Å²) in [5.41, 5.74) is 3.50. The lowest BCUT2D eigenvalue weighted by molar-refractivity contribution is -0.137. The Balaban J connectivity index is 1.83. The van der Waals surface area contributed by atoms with Gasteiger partial charge in [0.15, 0.2) is 0 Å². The van der Waals surface area contributed by atoms with Crippen LogP contribution in [0.3, 0.4) is 0 Å². The topological polar surface area (TPSA) is 24.9 Å². The third-order valence-electron chi connectivity index (χ3n) is 5.41. The van der Waals surface area contributed by atoms with Crippen LogP contribution in [0, 0.1) is 0 Å². The highest BCUT2D eigenvalue weighted by molar-refractivity contribution is 6.09. The average Bonchev–Trinajstić information content (AvgIpc) is 2.72. The number of nitrogens with one attached hydrogen (secondary N) is 1. The highest BCUT2D eigenvalue weighted by atomic mass is 19.4. The van der Waals surface area contributed by atoms with Crippen LogP contribution in [0.25, 0.3) is 32.9 Å². The highest BCUT2D eigenvalue weighted by Crippen LogP contribution is 2.37. The van der Waals surface area contributed by atoms with E-state index in [4.69, 9.17) is 4.98 Å². The molecule has 5 rings (SSSR count). The summed E-state index contributed by atoms with van der Waals surface area (Å²) in [7, 11) is 0.